The van der Waals surface area contributed by atoms with Crippen molar-refractivity contribution in [2.45, 2.75) is 19.6 Å². The van der Waals surface area contributed by atoms with Gasteiger partial charge in [-0.3, -0.25) is 19.7 Å². The average molecular weight is 363 g/mol. The highest BCUT2D eigenvalue weighted by atomic mass is 35.5. The van der Waals surface area contributed by atoms with Crippen molar-refractivity contribution in [1.29, 1.82) is 0 Å². The van der Waals surface area contributed by atoms with Gasteiger partial charge >= 0.3 is 5.69 Å². The van der Waals surface area contributed by atoms with Crippen molar-refractivity contribution in [1.82, 2.24) is 5.32 Å². The van der Waals surface area contributed by atoms with E-state index in [0.717, 1.165) is 11.6 Å². The molecule has 0 fully saturated rings. The molecule has 0 aliphatic carbocycles. The minimum atomic E-state index is -0.969. The molecule has 8 heteroatoms. The van der Waals surface area contributed by atoms with Crippen molar-refractivity contribution in [3.8, 4) is 5.75 Å². The number of rotatable bonds is 7. The Kier molecular flexibility index (Phi) is 6.08. The molecule has 0 saturated carbocycles. The Bertz CT molecular complexity index is 809. The molecule has 0 unspecified atom stereocenters. The van der Waals surface area contributed by atoms with Crippen LogP contribution in [0.2, 0.25) is 5.02 Å². The first-order valence-corrected chi connectivity index (χ1v) is 7.71. The predicted molar refractivity (Wildman–Crippen MR) is 91.9 cm³/mol. The Balaban J connectivity index is 2.05. The highest BCUT2D eigenvalue weighted by molar-refractivity contribution is 6.31. The van der Waals surface area contributed by atoms with E-state index in [1.54, 1.807) is 24.3 Å². The summed E-state index contributed by atoms with van der Waals surface area (Å²) in [5.74, 6) is -0.537. The number of amides is 1. The number of nitro benzene ring substituents is 1. The number of ether oxygens (including phenoxy) is 1. The number of carbonyl (C=O) groups is 2. The molecule has 0 spiro atoms. The summed E-state index contributed by atoms with van der Waals surface area (Å²) in [6.45, 7) is 1.68. The molecule has 0 aromatic heterocycles. The van der Waals surface area contributed by atoms with Crippen LogP contribution in [-0.2, 0) is 11.3 Å². The summed E-state index contributed by atoms with van der Waals surface area (Å²) in [6.07, 6.45) is -0.473. The molecule has 0 aliphatic heterocycles. The molecule has 0 aliphatic rings. The second-order valence-electron chi connectivity index (χ2n) is 5.17. The Morgan fingerprint density at radius 1 is 1.36 bits per heavy atom. The van der Waals surface area contributed by atoms with Gasteiger partial charge in [-0.25, -0.2) is 0 Å². The van der Waals surface area contributed by atoms with Gasteiger partial charge in [-0.15, -0.1) is 0 Å². The van der Waals surface area contributed by atoms with E-state index in [0.29, 0.717) is 11.3 Å². The van der Waals surface area contributed by atoms with Gasteiger partial charge in [0.2, 0.25) is 0 Å². The molecular weight excluding hydrogens is 348 g/mol. The van der Waals surface area contributed by atoms with Crippen LogP contribution in [0.5, 0.6) is 5.75 Å². The molecule has 1 atom stereocenters. The van der Waals surface area contributed by atoms with Crippen LogP contribution >= 0.6 is 11.6 Å². The van der Waals surface area contributed by atoms with Crippen LogP contribution in [0.15, 0.2) is 42.5 Å². The third kappa shape index (κ3) is 4.77. The lowest BCUT2D eigenvalue weighted by atomic mass is 10.2. The molecule has 130 valence electrons. The molecular formula is C17H15ClN2O5. The zero-order valence-electron chi connectivity index (χ0n) is 13.3. The van der Waals surface area contributed by atoms with E-state index < -0.39 is 16.9 Å². The fraction of sp³-hybridized carbons (Fsp3) is 0.176. The maximum Gasteiger partial charge on any atom is 0.311 e. The van der Waals surface area contributed by atoms with Crippen LogP contribution in [0.25, 0.3) is 0 Å². The number of halogens is 1. The summed E-state index contributed by atoms with van der Waals surface area (Å²) < 4.78 is 5.38. The van der Waals surface area contributed by atoms with Crippen molar-refractivity contribution in [3.05, 3.63) is 68.7 Å². The van der Waals surface area contributed by atoms with Crippen molar-refractivity contribution in [3.63, 3.8) is 0 Å². The van der Waals surface area contributed by atoms with Crippen LogP contribution < -0.4 is 10.1 Å². The number of nitrogens with one attached hydrogen (secondary N) is 1. The Labute approximate surface area is 148 Å². The highest BCUT2D eigenvalue weighted by Crippen LogP contribution is 2.28. The van der Waals surface area contributed by atoms with Gasteiger partial charge in [0.05, 0.1) is 4.92 Å². The average Bonchev–Trinajstić information content (AvgIpc) is 2.60. The van der Waals surface area contributed by atoms with E-state index in [9.17, 15) is 19.7 Å². The van der Waals surface area contributed by atoms with Crippen LogP contribution in [-0.4, -0.2) is 23.2 Å². The minimum Gasteiger partial charge on any atom is -0.474 e. The molecule has 1 amide bonds. The molecule has 0 heterocycles. The Morgan fingerprint density at radius 3 is 2.72 bits per heavy atom. The third-order valence-electron chi connectivity index (χ3n) is 3.40. The summed E-state index contributed by atoms with van der Waals surface area (Å²) in [7, 11) is 0. The quantitative estimate of drug-likeness (QED) is 0.463. The van der Waals surface area contributed by atoms with Gasteiger partial charge in [-0.05, 0) is 30.7 Å². The van der Waals surface area contributed by atoms with Gasteiger partial charge in [0.15, 0.2) is 11.9 Å². The topological polar surface area (TPSA) is 98.5 Å². The van der Waals surface area contributed by atoms with Gasteiger partial charge in [-0.1, -0.05) is 29.8 Å². The molecule has 2 aromatic rings. The summed E-state index contributed by atoms with van der Waals surface area (Å²) >= 11 is 6.02. The maximum atomic E-state index is 12.1. The monoisotopic (exact) mass is 362 g/mol. The van der Waals surface area contributed by atoms with E-state index in [1.807, 2.05) is 0 Å². The first kappa shape index (κ1) is 18.4. The van der Waals surface area contributed by atoms with Crippen molar-refractivity contribution < 1.29 is 19.2 Å². The minimum absolute atomic E-state index is 0.0870. The number of carbonyl (C=O) groups excluding carboxylic acids is 2. The first-order valence-electron chi connectivity index (χ1n) is 7.33. The standard InChI is InChI=1S/C17H15ClN2O5/c1-11(17(22)19-9-13-4-2-3-5-14(13)18)25-16-7-6-12(10-21)8-15(16)20(23)24/h2-8,10-11H,9H2,1H3,(H,19,22)/t11-/m0/s1. The lowest BCUT2D eigenvalue weighted by molar-refractivity contribution is -0.386. The largest absolute Gasteiger partial charge is 0.474 e. The number of nitro groups is 1. The molecule has 25 heavy (non-hydrogen) atoms. The van der Waals surface area contributed by atoms with E-state index >= 15 is 0 Å². The smallest absolute Gasteiger partial charge is 0.311 e. The third-order valence-corrected chi connectivity index (χ3v) is 3.77. The first-order chi connectivity index (χ1) is 11.9. The summed E-state index contributed by atoms with van der Waals surface area (Å²) in [5.41, 5.74) is 0.510. The number of nitrogens with zero attached hydrogens (tertiary/aromatic N) is 1. The van der Waals surface area contributed by atoms with Crippen molar-refractivity contribution >= 4 is 29.5 Å². The van der Waals surface area contributed by atoms with Gasteiger partial charge in [0.25, 0.3) is 5.91 Å². The molecule has 7 nitrogen and oxygen atoms in total. The van der Waals surface area contributed by atoms with Crippen LogP contribution in [0.4, 0.5) is 5.69 Å². The predicted octanol–water partition coefficient (Wildman–Crippen LogP) is 3.14. The molecule has 0 saturated heterocycles. The van der Waals surface area contributed by atoms with Gasteiger partial charge in [0, 0.05) is 23.2 Å². The van der Waals surface area contributed by atoms with Gasteiger partial charge in [0.1, 0.15) is 6.29 Å². The number of aldehydes is 1. The lowest BCUT2D eigenvalue weighted by Gasteiger charge is -2.15. The van der Waals surface area contributed by atoms with Crippen LogP contribution in [0.1, 0.15) is 22.8 Å². The number of hydrogen-bond donors (Lipinski definition) is 1. The Morgan fingerprint density at radius 2 is 2.08 bits per heavy atom. The second kappa shape index (κ2) is 8.25. The van der Waals surface area contributed by atoms with Crippen molar-refractivity contribution in [2.24, 2.45) is 0 Å². The second-order valence-corrected chi connectivity index (χ2v) is 5.58. The van der Waals surface area contributed by atoms with Crippen molar-refractivity contribution in [2.75, 3.05) is 0 Å². The summed E-state index contributed by atoms with van der Waals surface area (Å²) in [4.78, 5) is 33.3. The molecule has 0 bridgehead atoms. The zero-order chi connectivity index (χ0) is 18.4. The van der Waals surface area contributed by atoms with Gasteiger partial charge in [-0.2, -0.15) is 0 Å². The van der Waals surface area contributed by atoms with E-state index in [2.05, 4.69) is 5.32 Å². The maximum absolute atomic E-state index is 12.1. The molecule has 2 rings (SSSR count). The number of benzene rings is 2. The van der Waals surface area contributed by atoms with E-state index in [4.69, 9.17) is 16.3 Å². The van der Waals surface area contributed by atoms with Crippen LogP contribution in [0, 0.1) is 10.1 Å². The summed E-state index contributed by atoms with van der Waals surface area (Å²) in [5, 5.41) is 14.3. The van der Waals surface area contributed by atoms with E-state index in [-0.39, 0.29) is 23.5 Å². The number of hydrogen-bond acceptors (Lipinski definition) is 5. The highest BCUT2D eigenvalue weighted by Gasteiger charge is 2.21. The van der Waals surface area contributed by atoms with Gasteiger partial charge < -0.3 is 10.1 Å². The molecule has 2 aromatic carbocycles. The normalized spacial score (nSPS) is 11.4. The fourth-order valence-corrected chi connectivity index (χ4v) is 2.26. The van der Waals surface area contributed by atoms with Crippen LogP contribution in [0.3, 0.4) is 0 Å². The lowest BCUT2D eigenvalue weighted by Crippen LogP contribution is -2.36. The summed E-state index contributed by atoms with van der Waals surface area (Å²) in [6, 6.07) is 10.8. The molecule has 1 N–H and O–H groups in total. The Hall–Kier alpha value is -2.93. The fourth-order valence-electron chi connectivity index (χ4n) is 2.06. The SMILES string of the molecule is C[C@H](Oc1ccc(C=O)cc1[N+](=O)[O-])C(=O)NCc1ccccc1Cl. The van der Waals surface area contributed by atoms with E-state index in [1.165, 1.54) is 19.1 Å². The zero-order valence-corrected chi connectivity index (χ0v) is 14.0. The molecule has 0 radical (unpaired) electrons.